The Morgan fingerprint density at radius 3 is 2.65 bits per heavy atom. The molecule has 9 heteroatoms. The maximum Gasteiger partial charge on any atom is 0.303 e. The van der Waals surface area contributed by atoms with Gasteiger partial charge in [0.05, 0.1) is 23.9 Å². The van der Waals surface area contributed by atoms with E-state index in [-0.39, 0.29) is 25.2 Å². The predicted octanol–water partition coefficient (Wildman–Crippen LogP) is 5.82. The summed E-state index contributed by atoms with van der Waals surface area (Å²) in [5.74, 6) is -0.455. The van der Waals surface area contributed by atoms with E-state index < -0.39 is 12.0 Å². The van der Waals surface area contributed by atoms with Gasteiger partial charge in [0.25, 0.3) is 0 Å². The Kier molecular flexibility index (Phi) is 7.67. The average molecular weight is 592 g/mol. The molecule has 34 heavy (non-hydrogen) atoms. The van der Waals surface area contributed by atoms with Crippen molar-refractivity contribution in [3.63, 3.8) is 0 Å². The summed E-state index contributed by atoms with van der Waals surface area (Å²) < 4.78 is 6.66. The lowest BCUT2D eigenvalue weighted by Crippen LogP contribution is -2.27. The monoisotopic (exact) mass is 591 g/mol. The molecular formula is C25H23ClIN3O4. The Hall–Kier alpha value is -2.72. The first-order chi connectivity index (χ1) is 16.4. The summed E-state index contributed by atoms with van der Waals surface area (Å²) in [5, 5.41) is 16.2. The Labute approximate surface area is 215 Å². The van der Waals surface area contributed by atoms with Crippen LogP contribution in [0, 0.1) is 3.57 Å². The number of carboxylic acids is 1. The van der Waals surface area contributed by atoms with Crippen LogP contribution in [0.15, 0.2) is 53.6 Å². The van der Waals surface area contributed by atoms with Gasteiger partial charge in [0, 0.05) is 39.8 Å². The number of aromatic nitrogens is 1. The van der Waals surface area contributed by atoms with Crippen molar-refractivity contribution in [1.29, 1.82) is 0 Å². The molecule has 1 amide bonds. The smallest absolute Gasteiger partial charge is 0.303 e. The Morgan fingerprint density at radius 1 is 1.18 bits per heavy atom. The van der Waals surface area contributed by atoms with Crippen molar-refractivity contribution in [3.8, 4) is 5.75 Å². The van der Waals surface area contributed by atoms with Crippen LogP contribution in [0.5, 0.6) is 5.75 Å². The summed E-state index contributed by atoms with van der Waals surface area (Å²) in [5.41, 5.74) is 3.11. The first-order valence-corrected chi connectivity index (χ1v) is 12.4. The number of aliphatic carboxylic acids is 1. The molecule has 1 unspecified atom stereocenters. The fourth-order valence-corrected chi connectivity index (χ4v) is 4.57. The first kappa shape index (κ1) is 24.4. The lowest BCUT2D eigenvalue weighted by atomic mass is 9.98. The van der Waals surface area contributed by atoms with Gasteiger partial charge in [-0.1, -0.05) is 23.7 Å². The number of carbonyl (C=O) groups is 2. The maximum atomic E-state index is 13.1. The summed E-state index contributed by atoms with van der Waals surface area (Å²) in [6, 6.07) is 15.1. The largest absolute Gasteiger partial charge is 0.494 e. The Morgan fingerprint density at radius 2 is 1.94 bits per heavy atom. The number of hydrogen-bond acceptors (Lipinski definition) is 5. The van der Waals surface area contributed by atoms with E-state index in [9.17, 15) is 9.59 Å². The normalized spacial score (nSPS) is 15.4. The highest BCUT2D eigenvalue weighted by Crippen LogP contribution is 2.38. The van der Waals surface area contributed by atoms with E-state index in [2.05, 4.69) is 32.7 Å². The van der Waals surface area contributed by atoms with E-state index >= 15 is 0 Å². The van der Waals surface area contributed by atoms with Crippen LogP contribution in [0.2, 0.25) is 5.15 Å². The number of hydrogen-bond donors (Lipinski definition) is 1. The lowest BCUT2D eigenvalue weighted by Gasteiger charge is -2.23. The van der Waals surface area contributed by atoms with Gasteiger partial charge in [-0.15, -0.1) is 0 Å². The maximum absolute atomic E-state index is 13.1. The minimum absolute atomic E-state index is 0.0710. The third-order valence-corrected chi connectivity index (χ3v) is 6.59. The molecule has 0 spiro atoms. The Bertz CT molecular complexity index is 1260. The molecule has 2 aromatic carbocycles. The molecule has 1 aromatic heterocycles. The number of carboxylic acid groups (broad SMARTS) is 1. The van der Waals surface area contributed by atoms with Crippen molar-refractivity contribution < 1.29 is 19.4 Å². The van der Waals surface area contributed by atoms with Gasteiger partial charge >= 0.3 is 5.97 Å². The second-order valence-electron chi connectivity index (χ2n) is 7.92. The number of ether oxygens (including phenoxy) is 1. The molecule has 1 aliphatic heterocycles. The van der Waals surface area contributed by atoms with Gasteiger partial charge in [-0.2, -0.15) is 5.10 Å². The highest BCUT2D eigenvalue weighted by molar-refractivity contribution is 14.1. The number of carbonyl (C=O) groups excluding carboxylic acids is 1. The summed E-state index contributed by atoms with van der Waals surface area (Å²) in [6.45, 7) is 2.47. The number of nitrogens with zero attached hydrogens (tertiary/aromatic N) is 3. The molecule has 0 bridgehead atoms. The van der Waals surface area contributed by atoms with Gasteiger partial charge in [-0.25, -0.2) is 9.99 Å². The molecule has 1 N–H and O–H groups in total. The van der Waals surface area contributed by atoms with E-state index in [0.717, 1.165) is 20.2 Å². The van der Waals surface area contributed by atoms with Crippen molar-refractivity contribution in [2.75, 3.05) is 6.61 Å². The highest BCUT2D eigenvalue weighted by Gasteiger charge is 2.34. The van der Waals surface area contributed by atoms with E-state index in [1.165, 1.54) is 5.01 Å². The molecule has 0 aliphatic carbocycles. The fourth-order valence-electron chi connectivity index (χ4n) is 3.93. The number of fused-ring (bicyclic) bond motifs is 1. The van der Waals surface area contributed by atoms with Gasteiger partial charge < -0.3 is 9.84 Å². The summed E-state index contributed by atoms with van der Waals surface area (Å²) in [6.07, 6.45) is 0.742. The van der Waals surface area contributed by atoms with E-state index in [1.54, 1.807) is 0 Å². The van der Waals surface area contributed by atoms with Crippen LogP contribution in [0.4, 0.5) is 0 Å². The van der Waals surface area contributed by atoms with E-state index in [0.29, 0.717) is 35.0 Å². The summed E-state index contributed by atoms with van der Waals surface area (Å²) >= 11 is 8.86. The second-order valence-corrected chi connectivity index (χ2v) is 9.52. The van der Waals surface area contributed by atoms with E-state index in [1.807, 2.05) is 55.5 Å². The topological polar surface area (TPSA) is 92.1 Å². The third kappa shape index (κ3) is 5.50. The molecule has 7 nitrogen and oxygen atoms in total. The van der Waals surface area contributed by atoms with Crippen molar-refractivity contribution in [1.82, 2.24) is 9.99 Å². The number of pyridine rings is 1. The molecular weight excluding hydrogens is 569 g/mol. The zero-order valence-corrected chi connectivity index (χ0v) is 21.4. The SMILES string of the molecule is CCOc1ccc2cc(C3CC(c4ccc(I)cc4)=NN3C(=O)CCCC(=O)O)c(Cl)nc2c1. The third-order valence-electron chi connectivity index (χ3n) is 5.56. The molecule has 0 fully saturated rings. The van der Waals surface area contributed by atoms with Crippen LogP contribution in [0.3, 0.4) is 0 Å². The van der Waals surface area contributed by atoms with Crippen molar-refractivity contribution in [3.05, 3.63) is 68.4 Å². The standard InChI is InChI=1S/C25H23ClIN3O4/c1-2-34-18-11-8-16-12-19(25(26)28-20(16)13-18)22-14-21(15-6-9-17(27)10-7-15)29-30(22)23(31)4-3-5-24(32)33/h6-13,22H,2-5,14H2,1H3,(H,32,33). The molecule has 3 aromatic rings. The van der Waals surface area contributed by atoms with Gasteiger partial charge in [0.1, 0.15) is 10.9 Å². The molecule has 0 saturated heterocycles. The van der Waals surface area contributed by atoms with Crippen LogP contribution in [-0.2, 0) is 9.59 Å². The van der Waals surface area contributed by atoms with Gasteiger partial charge in [-0.05, 0) is 71.8 Å². The lowest BCUT2D eigenvalue weighted by molar-refractivity contribution is -0.137. The average Bonchev–Trinajstić information content (AvgIpc) is 3.24. The van der Waals surface area contributed by atoms with Gasteiger partial charge in [0.2, 0.25) is 5.91 Å². The number of amides is 1. The zero-order chi connectivity index (χ0) is 24.2. The molecule has 2 heterocycles. The quantitative estimate of drug-likeness (QED) is 0.263. The summed E-state index contributed by atoms with van der Waals surface area (Å²) in [7, 11) is 0. The van der Waals surface area contributed by atoms with Crippen LogP contribution in [-0.4, -0.2) is 39.3 Å². The number of benzene rings is 2. The molecule has 1 atom stereocenters. The van der Waals surface area contributed by atoms with Crippen LogP contribution >= 0.6 is 34.2 Å². The van der Waals surface area contributed by atoms with Crippen molar-refractivity contribution in [2.24, 2.45) is 5.10 Å². The Balaban J connectivity index is 1.68. The number of hydrazone groups is 1. The highest BCUT2D eigenvalue weighted by atomic mass is 127. The molecule has 176 valence electrons. The molecule has 4 rings (SSSR count). The van der Waals surface area contributed by atoms with Crippen molar-refractivity contribution in [2.45, 2.75) is 38.6 Å². The molecule has 0 saturated carbocycles. The second kappa shape index (κ2) is 10.7. The summed E-state index contributed by atoms with van der Waals surface area (Å²) in [4.78, 5) is 28.5. The molecule has 1 aliphatic rings. The first-order valence-electron chi connectivity index (χ1n) is 11.0. The molecule has 0 radical (unpaired) electrons. The minimum Gasteiger partial charge on any atom is -0.494 e. The van der Waals surface area contributed by atoms with Crippen molar-refractivity contribution >= 4 is 62.7 Å². The van der Waals surface area contributed by atoms with E-state index in [4.69, 9.17) is 21.4 Å². The predicted molar refractivity (Wildman–Crippen MR) is 139 cm³/mol. The van der Waals surface area contributed by atoms with Gasteiger partial charge in [-0.3, -0.25) is 9.59 Å². The van der Waals surface area contributed by atoms with Crippen LogP contribution in [0.1, 0.15) is 49.8 Å². The zero-order valence-electron chi connectivity index (χ0n) is 18.5. The van der Waals surface area contributed by atoms with Crippen LogP contribution < -0.4 is 4.74 Å². The van der Waals surface area contributed by atoms with Gasteiger partial charge in [0.15, 0.2) is 0 Å². The fraction of sp³-hybridized carbons (Fsp3) is 0.280. The minimum atomic E-state index is -0.929. The number of rotatable bonds is 8. The number of halogens is 2. The van der Waals surface area contributed by atoms with Crippen LogP contribution in [0.25, 0.3) is 10.9 Å².